The number of nitrogens with one attached hydrogen (secondary N) is 2. The van der Waals surface area contributed by atoms with E-state index in [1.54, 1.807) is 13.8 Å². The number of hydrogen-bond donors (Lipinski definition) is 4. The summed E-state index contributed by atoms with van der Waals surface area (Å²) in [6.45, 7) is 15.0. The third-order valence-corrected chi connectivity index (χ3v) is 15.3. The van der Waals surface area contributed by atoms with Crippen molar-refractivity contribution in [3.63, 3.8) is 0 Å². The molecule has 7 fully saturated rings. The molecular formula is C36H60N2O5. The van der Waals surface area contributed by atoms with E-state index >= 15 is 0 Å². The molecule has 5 aliphatic carbocycles. The van der Waals surface area contributed by atoms with Crippen LogP contribution in [0.5, 0.6) is 0 Å². The third kappa shape index (κ3) is 4.58. The van der Waals surface area contributed by atoms with Gasteiger partial charge in [0.2, 0.25) is 0 Å². The number of piperidine rings is 1. The minimum absolute atomic E-state index is 0.0178. The first-order valence-corrected chi connectivity index (χ1v) is 18.0. The maximum Gasteiger partial charge on any atom is 0.407 e. The van der Waals surface area contributed by atoms with Gasteiger partial charge in [-0.15, -0.1) is 0 Å². The number of rotatable bonds is 5. The predicted molar refractivity (Wildman–Crippen MR) is 166 cm³/mol. The summed E-state index contributed by atoms with van der Waals surface area (Å²) in [5.41, 5.74) is 0.0231. The zero-order valence-corrected chi connectivity index (χ0v) is 27.8. The molecule has 0 aromatic carbocycles. The quantitative estimate of drug-likeness (QED) is 0.318. The van der Waals surface area contributed by atoms with Gasteiger partial charge >= 0.3 is 6.09 Å². The summed E-state index contributed by atoms with van der Waals surface area (Å²) in [4.78, 5) is 13.1. The lowest BCUT2D eigenvalue weighted by atomic mass is 9.46. The van der Waals surface area contributed by atoms with Gasteiger partial charge in [-0.25, -0.2) is 4.79 Å². The zero-order valence-electron chi connectivity index (χ0n) is 27.8. The highest BCUT2D eigenvalue weighted by atomic mass is 16.6. The highest BCUT2D eigenvalue weighted by molar-refractivity contribution is 5.68. The number of carbonyl (C=O) groups is 1. The maximum absolute atomic E-state index is 13.1. The van der Waals surface area contributed by atoms with Crippen LogP contribution >= 0.6 is 0 Å². The second kappa shape index (κ2) is 10.3. The van der Waals surface area contributed by atoms with Gasteiger partial charge in [-0.05, 0) is 157 Å². The molecule has 7 aliphatic rings. The number of aliphatic hydroxyl groups is 2. The minimum atomic E-state index is -1.14. The zero-order chi connectivity index (χ0) is 30.6. The van der Waals surface area contributed by atoms with Gasteiger partial charge in [0, 0.05) is 11.5 Å². The molecule has 43 heavy (non-hydrogen) atoms. The Labute approximate surface area is 260 Å². The van der Waals surface area contributed by atoms with Crippen LogP contribution in [0.1, 0.15) is 119 Å². The molecule has 7 nitrogen and oxygen atoms in total. The summed E-state index contributed by atoms with van der Waals surface area (Å²) in [6.07, 6.45) is 12.9. The van der Waals surface area contributed by atoms with Gasteiger partial charge in [0.05, 0.1) is 17.8 Å². The Hall–Kier alpha value is -0.890. The second-order valence-electron chi connectivity index (χ2n) is 17.8. The van der Waals surface area contributed by atoms with Crippen molar-refractivity contribution in [2.24, 2.45) is 51.2 Å². The molecule has 1 amide bonds. The Morgan fingerprint density at radius 1 is 0.953 bits per heavy atom. The van der Waals surface area contributed by atoms with Crippen LogP contribution in [-0.2, 0) is 9.47 Å². The van der Waals surface area contributed by atoms with Crippen molar-refractivity contribution in [1.29, 1.82) is 0 Å². The van der Waals surface area contributed by atoms with E-state index in [9.17, 15) is 15.0 Å². The number of ether oxygens (including phenoxy) is 2. The molecule has 2 spiro atoms. The molecule has 4 N–H and O–H groups in total. The molecule has 12 atom stereocenters. The number of fused-ring (bicyclic) bond motifs is 4. The Kier molecular flexibility index (Phi) is 7.37. The van der Waals surface area contributed by atoms with Crippen LogP contribution in [0.25, 0.3) is 0 Å². The largest absolute Gasteiger partial charge is 0.446 e. The average molecular weight is 601 g/mol. The summed E-state index contributed by atoms with van der Waals surface area (Å²) in [6, 6.07) is 0.152. The Morgan fingerprint density at radius 2 is 1.67 bits per heavy atom. The van der Waals surface area contributed by atoms with Gasteiger partial charge in [0.15, 0.2) is 0 Å². The van der Waals surface area contributed by atoms with Crippen molar-refractivity contribution in [2.75, 3.05) is 13.1 Å². The lowest BCUT2D eigenvalue weighted by molar-refractivity contribution is -0.177. The van der Waals surface area contributed by atoms with Gasteiger partial charge in [0.1, 0.15) is 12.2 Å². The van der Waals surface area contributed by atoms with Gasteiger partial charge in [0.25, 0.3) is 0 Å². The number of amides is 1. The van der Waals surface area contributed by atoms with Crippen LogP contribution in [0, 0.1) is 51.2 Å². The van der Waals surface area contributed by atoms with Gasteiger partial charge in [-0.3, -0.25) is 0 Å². The summed E-state index contributed by atoms with van der Waals surface area (Å²) >= 11 is 0. The molecule has 0 bridgehead atoms. The van der Waals surface area contributed by atoms with Gasteiger partial charge in [-0.2, -0.15) is 0 Å². The highest BCUT2D eigenvalue weighted by Crippen LogP contribution is 2.87. The average Bonchev–Trinajstić information content (AvgIpc) is 3.54. The summed E-state index contributed by atoms with van der Waals surface area (Å²) in [5.74, 6) is 3.15. The van der Waals surface area contributed by atoms with Crippen molar-refractivity contribution in [1.82, 2.24) is 10.6 Å². The Balaban J connectivity index is 1.03. The molecule has 2 heterocycles. The lowest BCUT2D eigenvalue weighted by Crippen LogP contribution is -2.55. The van der Waals surface area contributed by atoms with Crippen molar-refractivity contribution in [3.8, 4) is 0 Å². The van der Waals surface area contributed by atoms with E-state index < -0.39 is 11.7 Å². The van der Waals surface area contributed by atoms with Crippen LogP contribution in [-0.4, -0.2) is 65.5 Å². The van der Waals surface area contributed by atoms with Crippen molar-refractivity contribution >= 4 is 6.09 Å². The first-order chi connectivity index (χ1) is 20.2. The number of carbonyl (C=O) groups excluding carboxylic acids is 1. The number of hydrogen-bond acceptors (Lipinski definition) is 6. The molecule has 244 valence electrons. The first-order valence-electron chi connectivity index (χ1n) is 18.0. The monoisotopic (exact) mass is 600 g/mol. The van der Waals surface area contributed by atoms with Gasteiger partial charge in [-0.1, -0.05) is 20.8 Å². The fourth-order valence-electron chi connectivity index (χ4n) is 13.0. The van der Waals surface area contributed by atoms with Gasteiger partial charge < -0.3 is 30.3 Å². The Morgan fingerprint density at radius 3 is 2.40 bits per heavy atom. The van der Waals surface area contributed by atoms with Crippen LogP contribution in [0.4, 0.5) is 4.79 Å². The van der Waals surface area contributed by atoms with Crippen LogP contribution in [0.2, 0.25) is 0 Å². The van der Waals surface area contributed by atoms with E-state index in [2.05, 4.69) is 38.3 Å². The van der Waals surface area contributed by atoms with E-state index in [0.29, 0.717) is 39.9 Å². The minimum Gasteiger partial charge on any atom is -0.446 e. The van der Waals surface area contributed by atoms with Crippen molar-refractivity contribution < 1.29 is 24.5 Å². The van der Waals surface area contributed by atoms with Crippen LogP contribution in [0.3, 0.4) is 0 Å². The van der Waals surface area contributed by atoms with E-state index in [1.165, 1.54) is 38.5 Å². The van der Waals surface area contributed by atoms with E-state index in [4.69, 9.17) is 9.47 Å². The molecule has 9 unspecified atom stereocenters. The van der Waals surface area contributed by atoms with Crippen LogP contribution in [0.15, 0.2) is 0 Å². The molecule has 0 aromatic rings. The topological polar surface area (TPSA) is 100 Å². The second-order valence-corrected chi connectivity index (χ2v) is 17.8. The van der Waals surface area contributed by atoms with Crippen molar-refractivity contribution in [2.45, 2.75) is 155 Å². The standard InChI is InChI=1S/C36H60N2O5/c1-21(22-12-17-37-18-13-22)38-31(40)43-29-11-14-36-20-35(36)16-15-34(6)24-7-9-26(30(39)33(4,5)41)42-27(24)19-25(34)23(35)8-10-28(36)32(29,2)3/h21-30,37,39,41H,7-20H2,1-6H3,(H,38,40)/t21?,23?,24?,25?,26?,27?,28?,29-,30-,34?,35-,36?/m0/s1. The highest BCUT2D eigenvalue weighted by Gasteiger charge is 2.81. The molecule has 0 aromatic heterocycles. The molecule has 5 saturated carbocycles. The smallest absolute Gasteiger partial charge is 0.407 e. The molecule has 0 radical (unpaired) electrons. The van der Waals surface area contributed by atoms with Crippen LogP contribution < -0.4 is 10.6 Å². The van der Waals surface area contributed by atoms with E-state index in [1.807, 2.05) is 0 Å². The number of aliphatic hydroxyl groups excluding tert-OH is 1. The molecule has 2 saturated heterocycles. The summed E-state index contributed by atoms with van der Waals surface area (Å²) in [7, 11) is 0. The van der Waals surface area contributed by atoms with Crippen molar-refractivity contribution in [3.05, 3.63) is 0 Å². The fourth-order valence-corrected chi connectivity index (χ4v) is 13.0. The fraction of sp³-hybridized carbons (Fsp3) is 0.972. The molecule has 7 heteroatoms. The molecule has 7 rings (SSSR count). The lowest BCUT2D eigenvalue weighted by Gasteiger charge is -2.59. The molecule has 2 aliphatic heterocycles. The normalized spacial score (nSPS) is 48.4. The Bertz CT molecular complexity index is 1080. The van der Waals surface area contributed by atoms with E-state index in [-0.39, 0.29) is 35.9 Å². The van der Waals surface area contributed by atoms with E-state index in [0.717, 1.165) is 57.5 Å². The predicted octanol–water partition coefficient (Wildman–Crippen LogP) is 5.81. The maximum atomic E-state index is 13.1. The molecular weight excluding hydrogens is 540 g/mol. The number of alkyl carbamates (subject to hydrolysis) is 1. The summed E-state index contributed by atoms with van der Waals surface area (Å²) in [5, 5.41) is 27.9. The first kappa shape index (κ1) is 30.7. The SMILES string of the molecule is CC(NC(=O)O[C@H]1CCC23C[C@]24CCC2(C)C5CCC([C@H](O)C(C)(C)O)OC5CC2C4CCC3C1(C)C)C1CCNCC1. The third-order valence-electron chi connectivity index (χ3n) is 15.3. The summed E-state index contributed by atoms with van der Waals surface area (Å²) < 4.78 is 13.0.